The number of hydrogen-bond acceptors (Lipinski definition) is 3. The van der Waals surface area contributed by atoms with E-state index in [1.165, 1.54) is 6.42 Å². The maximum absolute atomic E-state index is 11.9. The first kappa shape index (κ1) is 13.0. The molecule has 2 atom stereocenters. The van der Waals surface area contributed by atoms with Crippen LogP contribution in [-0.2, 0) is 9.59 Å². The Balaban J connectivity index is 2.43. The third-order valence-corrected chi connectivity index (χ3v) is 2.81. The summed E-state index contributed by atoms with van der Waals surface area (Å²) in [6, 6.07) is -1.05. The Morgan fingerprint density at radius 2 is 1.75 bits per heavy atom. The minimum Gasteiger partial charge on any atom is -0.343 e. The van der Waals surface area contributed by atoms with Gasteiger partial charge in [0.1, 0.15) is 6.04 Å². The first-order valence-corrected chi connectivity index (χ1v) is 5.87. The molecule has 1 rings (SSSR count). The summed E-state index contributed by atoms with van der Waals surface area (Å²) in [5.74, 6) is -0.286. The molecule has 1 unspecified atom stereocenters. The van der Waals surface area contributed by atoms with Gasteiger partial charge in [0.25, 0.3) is 0 Å². The lowest BCUT2D eigenvalue weighted by Crippen LogP contribution is -2.51. The SMILES string of the molecule is CC(NC(=O)[C@@H](C)N)C(=O)N1CCCCC1. The second-order valence-corrected chi connectivity index (χ2v) is 4.40. The quantitative estimate of drug-likeness (QED) is 0.704. The van der Waals surface area contributed by atoms with Crippen molar-refractivity contribution in [2.24, 2.45) is 5.73 Å². The van der Waals surface area contributed by atoms with Gasteiger partial charge in [0, 0.05) is 13.1 Å². The van der Waals surface area contributed by atoms with Crippen molar-refractivity contribution in [2.75, 3.05) is 13.1 Å². The molecular formula is C11H21N3O2. The first-order valence-electron chi connectivity index (χ1n) is 5.87. The smallest absolute Gasteiger partial charge is 0.244 e. The van der Waals surface area contributed by atoms with E-state index < -0.39 is 12.1 Å². The van der Waals surface area contributed by atoms with E-state index in [0.717, 1.165) is 25.9 Å². The van der Waals surface area contributed by atoms with Crippen LogP contribution in [0, 0.1) is 0 Å². The molecule has 0 radical (unpaired) electrons. The lowest BCUT2D eigenvalue weighted by atomic mass is 10.1. The van der Waals surface area contributed by atoms with Crippen LogP contribution in [0.25, 0.3) is 0 Å². The molecule has 1 fully saturated rings. The van der Waals surface area contributed by atoms with Crippen LogP contribution < -0.4 is 11.1 Å². The van der Waals surface area contributed by atoms with Gasteiger partial charge >= 0.3 is 0 Å². The van der Waals surface area contributed by atoms with Crippen LogP contribution in [0.15, 0.2) is 0 Å². The molecule has 3 N–H and O–H groups in total. The number of hydrogen-bond donors (Lipinski definition) is 2. The fourth-order valence-corrected chi connectivity index (χ4v) is 1.79. The summed E-state index contributed by atoms with van der Waals surface area (Å²) in [5, 5.41) is 2.62. The molecule has 0 aliphatic carbocycles. The fourth-order valence-electron chi connectivity index (χ4n) is 1.79. The second kappa shape index (κ2) is 5.84. The molecule has 0 spiro atoms. The number of nitrogens with one attached hydrogen (secondary N) is 1. The molecule has 0 saturated carbocycles. The van der Waals surface area contributed by atoms with Crippen molar-refractivity contribution < 1.29 is 9.59 Å². The van der Waals surface area contributed by atoms with Gasteiger partial charge in [-0.3, -0.25) is 9.59 Å². The van der Waals surface area contributed by atoms with E-state index in [-0.39, 0.29) is 11.8 Å². The van der Waals surface area contributed by atoms with E-state index in [2.05, 4.69) is 5.32 Å². The van der Waals surface area contributed by atoms with Gasteiger partial charge < -0.3 is 16.0 Å². The van der Waals surface area contributed by atoms with Crippen molar-refractivity contribution in [2.45, 2.75) is 45.2 Å². The van der Waals surface area contributed by atoms with Crippen molar-refractivity contribution in [3.05, 3.63) is 0 Å². The average Bonchev–Trinajstić information content (AvgIpc) is 2.28. The summed E-state index contributed by atoms with van der Waals surface area (Å²) in [6.07, 6.45) is 3.30. The third-order valence-electron chi connectivity index (χ3n) is 2.81. The number of nitrogens with zero attached hydrogens (tertiary/aromatic N) is 1. The lowest BCUT2D eigenvalue weighted by Gasteiger charge is -2.29. The van der Waals surface area contributed by atoms with Crippen LogP contribution in [0.1, 0.15) is 33.1 Å². The zero-order valence-electron chi connectivity index (χ0n) is 10.0. The summed E-state index contributed by atoms with van der Waals surface area (Å²) in [5.41, 5.74) is 5.43. The average molecular weight is 227 g/mol. The molecule has 0 aromatic carbocycles. The molecule has 0 aromatic heterocycles. The van der Waals surface area contributed by atoms with Crippen LogP contribution in [0.2, 0.25) is 0 Å². The topological polar surface area (TPSA) is 75.4 Å². The third kappa shape index (κ3) is 3.48. The highest BCUT2D eigenvalue weighted by atomic mass is 16.2. The Hall–Kier alpha value is -1.10. The van der Waals surface area contributed by atoms with Crippen LogP contribution in [0.3, 0.4) is 0 Å². The van der Waals surface area contributed by atoms with Gasteiger partial charge in [-0.15, -0.1) is 0 Å². The molecule has 1 aliphatic heterocycles. The van der Waals surface area contributed by atoms with Crippen LogP contribution in [0.4, 0.5) is 0 Å². The largest absolute Gasteiger partial charge is 0.343 e. The highest BCUT2D eigenvalue weighted by molar-refractivity contribution is 5.89. The van der Waals surface area contributed by atoms with Gasteiger partial charge in [0.15, 0.2) is 0 Å². The minimum atomic E-state index is -0.573. The molecule has 0 bridgehead atoms. The zero-order chi connectivity index (χ0) is 12.1. The molecule has 92 valence electrons. The van der Waals surface area contributed by atoms with Crippen molar-refractivity contribution in [1.29, 1.82) is 0 Å². The second-order valence-electron chi connectivity index (χ2n) is 4.40. The van der Waals surface area contributed by atoms with Gasteiger partial charge in [-0.05, 0) is 33.1 Å². The molecule has 1 aliphatic rings. The van der Waals surface area contributed by atoms with Crippen molar-refractivity contribution in [1.82, 2.24) is 10.2 Å². The van der Waals surface area contributed by atoms with Crippen LogP contribution in [-0.4, -0.2) is 41.9 Å². The fraction of sp³-hybridized carbons (Fsp3) is 0.818. The predicted octanol–water partition coefficient (Wildman–Crippen LogP) is -0.149. The van der Waals surface area contributed by atoms with Gasteiger partial charge in [-0.25, -0.2) is 0 Å². The van der Waals surface area contributed by atoms with Gasteiger partial charge in [-0.1, -0.05) is 0 Å². The Labute approximate surface area is 96.4 Å². The van der Waals surface area contributed by atoms with Crippen LogP contribution >= 0.6 is 0 Å². The van der Waals surface area contributed by atoms with Gasteiger partial charge in [-0.2, -0.15) is 0 Å². The number of carbonyl (C=O) groups excluding carboxylic acids is 2. The maximum Gasteiger partial charge on any atom is 0.244 e. The molecule has 16 heavy (non-hydrogen) atoms. The standard InChI is InChI=1S/C11H21N3O2/c1-8(12)10(15)13-9(2)11(16)14-6-4-3-5-7-14/h8-9H,3-7,12H2,1-2H3,(H,13,15)/t8-,9?/m1/s1. The lowest BCUT2D eigenvalue weighted by molar-refractivity contribution is -0.136. The number of nitrogens with two attached hydrogens (primary N) is 1. The van der Waals surface area contributed by atoms with E-state index in [9.17, 15) is 9.59 Å². The molecule has 1 saturated heterocycles. The molecule has 2 amide bonds. The highest BCUT2D eigenvalue weighted by Gasteiger charge is 2.23. The number of carbonyl (C=O) groups is 2. The highest BCUT2D eigenvalue weighted by Crippen LogP contribution is 2.09. The first-order chi connectivity index (χ1) is 7.52. The molecule has 5 heteroatoms. The summed E-state index contributed by atoms with van der Waals surface area (Å²) < 4.78 is 0. The van der Waals surface area contributed by atoms with Crippen molar-refractivity contribution >= 4 is 11.8 Å². The van der Waals surface area contributed by atoms with Gasteiger partial charge in [0.05, 0.1) is 6.04 Å². The maximum atomic E-state index is 11.9. The molecule has 1 heterocycles. The number of likely N-dealkylation sites (tertiary alicyclic amines) is 1. The van der Waals surface area contributed by atoms with Crippen LogP contribution in [0.5, 0.6) is 0 Å². The van der Waals surface area contributed by atoms with E-state index in [1.54, 1.807) is 13.8 Å². The van der Waals surface area contributed by atoms with E-state index >= 15 is 0 Å². The Bertz CT molecular complexity index is 260. The molecule has 5 nitrogen and oxygen atoms in total. The molecular weight excluding hydrogens is 206 g/mol. The summed E-state index contributed by atoms with van der Waals surface area (Å²) in [4.78, 5) is 25.1. The summed E-state index contributed by atoms with van der Waals surface area (Å²) >= 11 is 0. The minimum absolute atomic E-state index is 0.00583. The number of amides is 2. The van der Waals surface area contributed by atoms with Gasteiger partial charge in [0.2, 0.25) is 11.8 Å². The predicted molar refractivity (Wildman–Crippen MR) is 61.7 cm³/mol. The van der Waals surface area contributed by atoms with Crippen molar-refractivity contribution in [3.8, 4) is 0 Å². The summed E-state index contributed by atoms with van der Waals surface area (Å²) in [6.45, 7) is 4.92. The van der Waals surface area contributed by atoms with E-state index in [1.807, 2.05) is 4.90 Å². The Morgan fingerprint density at radius 1 is 1.19 bits per heavy atom. The number of piperidine rings is 1. The monoisotopic (exact) mass is 227 g/mol. The Morgan fingerprint density at radius 3 is 2.25 bits per heavy atom. The Kier molecular flexibility index (Phi) is 4.73. The molecule has 0 aromatic rings. The number of rotatable bonds is 3. The van der Waals surface area contributed by atoms with E-state index in [4.69, 9.17) is 5.73 Å². The van der Waals surface area contributed by atoms with Crippen molar-refractivity contribution in [3.63, 3.8) is 0 Å². The van der Waals surface area contributed by atoms with E-state index in [0.29, 0.717) is 0 Å². The normalized spacial score (nSPS) is 20.1. The zero-order valence-corrected chi connectivity index (χ0v) is 10.0. The summed E-state index contributed by atoms with van der Waals surface area (Å²) in [7, 11) is 0.